The maximum Gasteiger partial charge on any atom is 0.320 e. The highest BCUT2D eigenvalue weighted by Gasteiger charge is 2.01. The third kappa shape index (κ3) is 7.04. The van der Waals surface area contributed by atoms with Crippen LogP contribution in [0, 0.1) is 11.3 Å². The van der Waals surface area contributed by atoms with Crippen molar-refractivity contribution in [1.82, 2.24) is 0 Å². The van der Waals surface area contributed by atoms with Crippen LogP contribution in [0.1, 0.15) is 25.7 Å². The zero-order valence-corrected chi connectivity index (χ0v) is 7.99. The molecule has 0 aliphatic heterocycles. The van der Waals surface area contributed by atoms with Gasteiger partial charge >= 0.3 is 5.97 Å². The highest BCUT2D eigenvalue weighted by atomic mass is 16.5. The zero-order valence-electron chi connectivity index (χ0n) is 7.99. The summed E-state index contributed by atoms with van der Waals surface area (Å²) >= 11 is 0. The van der Waals surface area contributed by atoms with Gasteiger partial charge in [-0.3, -0.25) is 9.59 Å². The van der Waals surface area contributed by atoms with Gasteiger partial charge in [-0.25, -0.2) is 0 Å². The lowest BCUT2D eigenvalue weighted by atomic mass is 10.2. The molecule has 0 atom stereocenters. The Hall–Kier alpha value is -1.63. The molecule has 0 heterocycles. The first kappa shape index (κ1) is 12.4. The van der Waals surface area contributed by atoms with Gasteiger partial charge in [0.15, 0.2) is 5.78 Å². The van der Waals surface area contributed by atoms with Crippen molar-refractivity contribution in [3.05, 3.63) is 12.7 Å². The summed E-state index contributed by atoms with van der Waals surface area (Å²) in [5.41, 5.74) is 0. The van der Waals surface area contributed by atoms with E-state index in [1.807, 2.05) is 0 Å². The van der Waals surface area contributed by atoms with Crippen LogP contribution in [-0.2, 0) is 14.3 Å². The molecule has 76 valence electrons. The average Bonchev–Trinajstić information content (AvgIpc) is 2.17. The maximum absolute atomic E-state index is 10.7. The Morgan fingerprint density at radius 3 is 2.71 bits per heavy atom. The summed E-state index contributed by atoms with van der Waals surface area (Å²) in [4.78, 5) is 21.4. The van der Waals surface area contributed by atoms with E-state index in [0.717, 1.165) is 0 Å². The van der Waals surface area contributed by atoms with Crippen molar-refractivity contribution in [2.75, 3.05) is 6.61 Å². The summed E-state index contributed by atoms with van der Waals surface area (Å²) in [7, 11) is 0. The largest absolute Gasteiger partial charge is 0.465 e. The first-order chi connectivity index (χ1) is 6.70. The number of carbonyl (C=O) groups is 2. The SMILES string of the molecule is C=CC(=O)CCCCOC(=O)CC#N. The molecule has 0 aromatic rings. The number of carbonyl (C=O) groups excluding carboxylic acids is 2. The van der Waals surface area contributed by atoms with E-state index in [1.54, 1.807) is 6.07 Å². The molecule has 0 aliphatic carbocycles. The summed E-state index contributed by atoms with van der Waals surface area (Å²) < 4.78 is 4.70. The van der Waals surface area contributed by atoms with Crippen LogP contribution in [0.3, 0.4) is 0 Å². The molecule has 0 fully saturated rings. The fourth-order valence-electron chi connectivity index (χ4n) is 0.805. The number of ketones is 1. The lowest BCUT2D eigenvalue weighted by Gasteiger charge is -2.00. The number of ether oxygens (including phenoxy) is 1. The molecular weight excluding hydrogens is 182 g/mol. The van der Waals surface area contributed by atoms with Gasteiger partial charge in [0.05, 0.1) is 12.7 Å². The topological polar surface area (TPSA) is 67.2 Å². The van der Waals surface area contributed by atoms with Gasteiger partial charge in [0.1, 0.15) is 6.42 Å². The third-order valence-electron chi connectivity index (χ3n) is 1.53. The Balaban J connectivity index is 3.30. The Bertz CT molecular complexity index is 253. The van der Waals surface area contributed by atoms with Crippen molar-refractivity contribution >= 4 is 11.8 Å². The molecular formula is C10H13NO3. The van der Waals surface area contributed by atoms with E-state index in [0.29, 0.717) is 19.3 Å². The number of nitrogens with zero attached hydrogens (tertiary/aromatic N) is 1. The highest BCUT2D eigenvalue weighted by molar-refractivity contribution is 5.88. The molecule has 0 aromatic carbocycles. The maximum atomic E-state index is 10.7. The Morgan fingerprint density at radius 2 is 2.14 bits per heavy atom. The minimum Gasteiger partial charge on any atom is -0.465 e. The highest BCUT2D eigenvalue weighted by Crippen LogP contribution is 1.98. The third-order valence-corrected chi connectivity index (χ3v) is 1.53. The first-order valence-corrected chi connectivity index (χ1v) is 4.38. The monoisotopic (exact) mass is 195 g/mol. The van der Waals surface area contributed by atoms with Crippen molar-refractivity contribution in [2.24, 2.45) is 0 Å². The number of hydrogen-bond donors (Lipinski definition) is 0. The van der Waals surface area contributed by atoms with Crippen LogP contribution in [0.2, 0.25) is 0 Å². The fraction of sp³-hybridized carbons (Fsp3) is 0.500. The van der Waals surface area contributed by atoms with Crippen molar-refractivity contribution in [3.63, 3.8) is 0 Å². The molecule has 0 saturated carbocycles. The van der Waals surface area contributed by atoms with Crippen LogP contribution < -0.4 is 0 Å². The Labute approximate surface area is 83.2 Å². The molecule has 4 nitrogen and oxygen atoms in total. The normalized spacial score (nSPS) is 8.79. The Morgan fingerprint density at radius 1 is 1.43 bits per heavy atom. The second-order valence-corrected chi connectivity index (χ2v) is 2.68. The van der Waals surface area contributed by atoms with Crippen molar-refractivity contribution in [2.45, 2.75) is 25.7 Å². The van der Waals surface area contributed by atoms with E-state index in [2.05, 4.69) is 6.58 Å². The van der Waals surface area contributed by atoms with Crippen molar-refractivity contribution in [3.8, 4) is 6.07 Å². The van der Waals surface area contributed by atoms with E-state index in [-0.39, 0.29) is 18.8 Å². The molecule has 0 amide bonds. The molecule has 14 heavy (non-hydrogen) atoms. The second-order valence-electron chi connectivity index (χ2n) is 2.68. The van der Waals surface area contributed by atoms with Crippen LogP contribution in [0.5, 0.6) is 0 Å². The van der Waals surface area contributed by atoms with Crippen LogP contribution >= 0.6 is 0 Å². The number of hydrogen-bond acceptors (Lipinski definition) is 4. The molecule has 0 saturated heterocycles. The molecule has 0 aliphatic rings. The van der Waals surface area contributed by atoms with E-state index in [9.17, 15) is 9.59 Å². The van der Waals surface area contributed by atoms with Gasteiger partial charge in [-0.2, -0.15) is 5.26 Å². The van der Waals surface area contributed by atoms with Gasteiger partial charge < -0.3 is 4.74 Å². The van der Waals surface area contributed by atoms with Gasteiger partial charge in [-0.1, -0.05) is 6.58 Å². The van der Waals surface area contributed by atoms with Gasteiger partial charge in [-0.15, -0.1) is 0 Å². The molecule has 0 unspecified atom stereocenters. The predicted octanol–water partition coefficient (Wildman–Crippen LogP) is 1.37. The number of nitriles is 1. The lowest BCUT2D eigenvalue weighted by Crippen LogP contribution is -2.05. The van der Waals surface area contributed by atoms with Crippen LogP contribution in [-0.4, -0.2) is 18.4 Å². The number of esters is 1. The number of rotatable bonds is 7. The number of allylic oxidation sites excluding steroid dienone is 1. The van der Waals surface area contributed by atoms with E-state index in [1.165, 1.54) is 6.08 Å². The summed E-state index contributed by atoms with van der Waals surface area (Å²) in [6, 6.07) is 1.69. The first-order valence-electron chi connectivity index (χ1n) is 4.38. The minimum atomic E-state index is -0.512. The molecule has 0 spiro atoms. The molecule has 0 radical (unpaired) electrons. The average molecular weight is 195 g/mol. The van der Waals surface area contributed by atoms with E-state index in [4.69, 9.17) is 10.00 Å². The smallest absolute Gasteiger partial charge is 0.320 e. The number of unbranched alkanes of at least 4 members (excludes halogenated alkanes) is 1. The second kappa shape index (κ2) is 7.99. The van der Waals surface area contributed by atoms with Crippen molar-refractivity contribution in [1.29, 1.82) is 5.26 Å². The standard InChI is InChI=1S/C10H13NO3/c1-2-9(12)5-3-4-8-14-10(13)6-7-11/h2H,1,3-6,8H2. The zero-order chi connectivity index (χ0) is 10.8. The summed E-state index contributed by atoms with van der Waals surface area (Å²) in [5.74, 6) is -0.518. The molecule has 0 bridgehead atoms. The minimum absolute atomic E-state index is 0.00616. The molecule has 0 N–H and O–H groups in total. The fourth-order valence-corrected chi connectivity index (χ4v) is 0.805. The molecule has 0 rings (SSSR count). The van der Waals surface area contributed by atoms with E-state index < -0.39 is 5.97 Å². The lowest BCUT2D eigenvalue weighted by molar-refractivity contribution is -0.142. The van der Waals surface area contributed by atoms with Crippen molar-refractivity contribution < 1.29 is 14.3 Å². The summed E-state index contributed by atoms with van der Waals surface area (Å²) in [6.45, 7) is 3.61. The quantitative estimate of drug-likeness (QED) is 0.349. The summed E-state index contributed by atoms with van der Waals surface area (Å²) in [6.07, 6.45) is 2.80. The van der Waals surface area contributed by atoms with E-state index >= 15 is 0 Å². The predicted molar refractivity (Wildman–Crippen MR) is 50.2 cm³/mol. The van der Waals surface area contributed by atoms with Gasteiger partial charge in [0.25, 0.3) is 0 Å². The Kier molecular flexibility index (Phi) is 7.06. The van der Waals surface area contributed by atoms with Gasteiger partial charge in [-0.05, 0) is 18.9 Å². The van der Waals surface area contributed by atoms with Gasteiger partial charge in [0, 0.05) is 6.42 Å². The molecule has 4 heteroatoms. The van der Waals surface area contributed by atoms with Crippen LogP contribution in [0.4, 0.5) is 0 Å². The summed E-state index contributed by atoms with van der Waals surface area (Å²) in [5, 5.41) is 8.14. The molecule has 0 aromatic heterocycles. The van der Waals surface area contributed by atoms with Crippen LogP contribution in [0.25, 0.3) is 0 Å². The van der Waals surface area contributed by atoms with Gasteiger partial charge in [0.2, 0.25) is 0 Å². The van der Waals surface area contributed by atoms with Crippen LogP contribution in [0.15, 0.2) is 12.7 Å².